The Morgan fingerprint density at radius 1 is 0.870 bits per heavy atom. The van der Waals surface area contributed by atoms with Crippen LogP contribution in [0.4, 0.5) is 0 Å². The molecule has 0 bridgehead atoms. The summed E-state index contributed by atoms with van der Waals surface area (Å²) < 4.78 is 11.1. The Hall–Kier alpha value is -1.26. The van der Waals surface area contributed by atoms with E-state index >= 15 is 0 Å². The Balaban J connectivity index is 2.04. The van der Waals surface area contributed by atoms with Crippen LogP contribution in [0.25, 0.3) is 0 Å². The molecule has 0 aliphatic carbocycles. The number of ether oxygens (including phenoxy) is 2. The summed E-state index contributed by atoms with van der Waals surface area (Å²) in [5.74, 6) is 0.00559. The normalized spacial score (nSPS) is 11.3. The van der Waals surface area contributed by atoms with Crippen molar-refractivity contribution in [3.63, 3.8) is 0 Å². The average molecular weight is 324 g/mol. The van der Waals surface area contributed by atoms with Crippen molar-refractivity contribution < 1.29 is 19.7 Å². The fourth-order valence-corrected chi connectivity index (χ4v) is 2.70. The lowest BCUT2D eigenvalue weighted by Gasteiger charge is -2.16. The molecule has 0 aliphatic rings. The summed E-state index contributed by atoms with van der Waals surface area (Å²) in [6.45, 7) is 5.39. The molecule has 1 aromatic carbocycles. The Bertz CT molecular complexity index is 414. The molecule has 2 N–H and O–H groups in total. The molecule has 0 aromatic heterocycles. The van der Waals surface area contributed by atoms with Gasteiger partial charge >= 0.3 is 0 Å². The summed E-state index contributed by atoms with van der Waals surface area (Å²) in [4.78, 5) is 0. The molecule has 0 amide bonds. The molecule has 1 rings (SSSR count). The SMILES string of the molecule is CCOC(CCCCCCCCc1cccc(O)c1O)OCC. The first kappa shape index (κ1) is 19.8. The molecular formula is C19H32O4. The second-order valence-electron chi connectivity index (χ2n) is 5.79. The Morgan fingerprint density at radius 2 is 1.48 bits per heavy atom. The van der Waals surface area contributed by atoms with Gasteiger partial charge in [0.25, 0.3) is 0 Å². The summed E-state index contributed by atoms with van der Waals surface area (Å²) in [5, 5.41) is 19.2. The first-order valence-electron chi connectivity index (χ1n) is 8.92. The predicted octanol–water partition coefficient (Wildman–Crippen LogP) is 4.77. The third-order valence-electron chi connectivity index (χ3n) is 3.94. The van der Waals surface area contributed by atoms with E-state index in [0.29, 0.717) is 13.2 Å². The van der Waals surface area contributed by atoms with E-state index < -0.39 is 0 Å². The van der Waals surface area contributed by atoms with E-state index in [1.807, 2.05) is 19.9 Å². The molecule has 23 heavy (non-hydrogen) atoms. The number of para-hydroxylation sites is 1. The van der Waals surface area contributed by atoms with E-state index in [9.17, 15) is 10.2 Å². The van der Waals surface area contributed by atoms with Gasteiger partial charge in [-0.15, -0.1) is 0 Å². The van der Waals surface area contributed by atoms with E-state index in [4.69, 9.17) is 9.47 Å². The van der Waals surface area contributed by atoms with Crippen LogP contribution in [0.15, 0.2) is 18.2 Å². The van der Waals surface area contributed by atoms with Crippen LogP contribution in [0.1, 0.15) is 64.4 Å². The molecule has 0 unspecified atom stereocenters. The zero-order chi connectivity index (χ0) is 16.9. The minimum atomic E-state index is -0.0428. The molecule has 0 aliphatic heterocycles. The molecule has 0 saturated heterocycles. The molecule has 4 heteroatoms. The largest absolute Gasteiger partial charge is 0.504 e. The summed E-state index contributed by atoms with van der Waals surface area (Å²) in [6.07, 6.45) is 8.69. The maximum Gasteiger partial charge on any atom is 0.160 e. The van der Waals surface area contributed by atoms with Crippen LogP contribution < -0.4 is 0 Å². The molecule has 0 fully saturated rings. The van der Waals surface area contributed by atoms with E-state index in [1.165, 1.54) is 25.3 Å². The van der Waals surface area contributed by atoms with Crippen molar-refractivity contribution in [1.82, 2.24) is 0 Å². The van der Waals surface area contributed by atoms with Gasteiger partial charge in [-0.3, -0.25) is 0 Å². The number of unbranched alkanes of at least 4 members (excludes halogenated alkanes) is 5. The monoisotopic (exact) mass is 324 g/mol. The van der Waals surface area contributed by atoms with Crippen molar-refractivity contribution >= 4 is 0 Å². The van der Waals surface area contributed by atoms with Crippen LogP contribution in [0.2, 0.25) is 0 Å². The first-order valence-corrected chi connectivity index (χ1v) is 8.92. The second-order valence-corrected chi connectivity index (χ2v) is 5.79. The summed E-state index contributed by atoms with van der Waals surface area (Å²) in [7, 11) is 0. The van der Waals surface area contributed by atoms with Gasteiger partial charge in [0.1, 0.15) is 0 Å². The van der Waals surface area contributed by atoms with Crippen molar-refractivity contribution in [3.8, 4) is 11.5 Å². The lowest BCUT2D eigenvalue weighted by atomic mass is 10.0. The number of hydrogen-bond donors (Lipinski definition) is 2. The molecular weight excluding hydrogens is 292 g/mol. The van der Waals surface area contributed by atoms with Crippen LogP contribution >= 0.6 is 0 Å². The zero-order valence-electron chi connectivity index (χ0n) is 14.6. The van der Waals surface area contributed by atoms with Crippen molar-refractivity contribution in [3.05, 3.63) is 23.8 Å². The minimum absolute atomic E-state index is 0.0272. The number of aryl methyl sites for hydroxylation is 1. The van der Waals surface area contributed by atoms with Gasteiger partial charge in [-0.05, 0) is 51.2 Å². The highest BCUT2D eigenvalue weighted by atomic mass is 16.7. The lowest BCUT2D eigenvalue weighted by Crippen LogP contribution is -2.17. The lowest BCUT2D eigenvalue weighted by molar-refractivity contribution is -0.140. The van der Waals surface area contributed by atoms with Gasteiger partial charge in [-0.2, -0.15) is 0 Å². The maximum atomic E-state index is 9.74. The number of aromatic hydroxyl groups is 2. The second kappa shape index (κ2) is 12.2. The smallest absolute Gasteiger partial charge is 0.160 e. The third kappa shape index (κ3) is 8.24. The molecule has 0 atom stereocenters. The highest BCUT2D eigenvalue weighted by Crippen LogP contribution is 2.29. The van der Waals surface area contributed by atoms with Crippen molar-refractivity contribution in [2.75, 3.05) is 13.2 Å². The van der Waals surface area contributed by atoms with E-state index in [2.05, 4.69) is 0 Å². The fourth-order valence-electron chi connectivity index (χ4n) is 2.70. The summed E-state index contributed by atoms with van der Waals surface area (Å²) in [5.41, 5.74) is 0.835. The van der Waals surface area contributed by atoms with Crippen molar-refractivity contribution in [1.29, 1.82) is 0 Å². The molecule has 1 aromatic rings. The molecule has 4 nitrogen and oxygen atoms in total. The number of rotatable bonds is 13. The molecule has 0 saturated carbocycles. The number of benzene rings is 1. The Morgan fingerprint density at radius 3 is 2.13 bits per heavy atom. The highest BCUT2D eigenvalue weighted by molar-refractivity contribution is 5.44. The van der Waals surface area contributed by atoms with Gasteiger partial charge in [0.2, 0.25) is 0 Å². The summed E-state index contributed by atoms with van der Waals surface area (Å²) in [6, 6.07) is 5.16. The van der Waals surface area contributed by atoms with E-state index in [-0.39, 0.29) is 17.8 Å². The van der Waals surface area contributed by atoms with Crippen LogP contribution in [0.3, 0.4) is 0 Å². The van der Waals surface area contributed by atoms with Gasteiger partial charge in [0.05, 0.1) is 0 Å². The molecule has 0 spiro atoms. The van der Waals surface area contributed by atoms with E-state index in [1.54, 1.807) is 6.07 Å². The van der Waals surface area contributed by atoms with Crippen molar-refractivity contribution in [2.45, 2.75) is 71.5 Å². The first-order chi connectivity index (χ1) is 11.2. The fraction of sp³-hybridized carbons (Fsp3) is 0.684. The van der Waals surface area contributed by atoms with Crippen LogP contribution in [0, 0.1) is 0 Å². The zero-order valence-corrected chi connectivity index (χ0v) is 14.6. The maximum absolute atomic E-state index is 9.74. The molecule has 132 valence electrons. The molecule has 0 heterocycles. The topological polar surface area (TPSA) is 58.9 Å². The van der Waals surface area contributed by atoms with Crippen molar-refractivity contribution in [2.24, 2.45) is 0 Å². The molecule has 0 radical (unpaired) electrons. The Kier molecular flexibility index (Phi) is 10.5. The number of hydrogen-bond acceptors (Lipinski definition) is 4. The van der Waals surface area contributed by atoms with Gasteiger partial charge in [-0.25, -0.2) is 0 Å². The highest BCUT2D eigenvalue weighted by Gasteiger charge is 2.07. The van der Waals surface area contributed by atoms with Gasteiger partial charge < -0.3 is 19.7 Å². The van der Waals surface area contributed by atoms with Gasteiger partial charge in [-0.1, -0.05) is 37.8 Å². The average Bonchev–Trinajstić information content (AvgIpc) is 2.54. The van der Waals surface area contributed by atoms with Crippen LogP contribution in [-0.2, 0) is 15.9 Å². The number of phenolic OH excluding ortho intramolecular Hbond substituents is 2. The van der Waals surface area contributed by atoms with Gasteiger partial charge in [0, 0.05) is 13.2 Å². The summed E-state index contributed by atoms with van der Waals surface area (Å²) >= 11 is 0. The third-order valence-corrected chi connectivity index (χ3v) is 3.94. The number of phenols is 2. The quantitative estimate of drug-likeness (QED) is 0.312. The standard InChI is InChI=1S/C19H32O4/c1-3-22-18(23-4-2)15-10-8-6-5-7-9-12-16-13-11-14-17(20)19(16)21/h11,13-14,18,20-21H,3-10,12,15H2,1-2H3. The van der Waals surface area contributed by atoms with Crippen LogP contribution in [-0.4, -0.2) is 29.7 Å². The van der Waals surface area contributed by atoms with Gasteiger partial charge in [0.15, 0.2) is 17.8 Å². The van der Waals surface area contributed by atoms with Crippen LogP contribution in [0.5, 0.6) is 11.5 Å². The predicted molar refractivity (Wildman–Crippen MR) is 92.8 cm³/mol. The Labute approximate surface area is 140 Å². The van der Waals surface area contributed by atoms with E-state index in [0.717, 1.165) is 37.7 Å². The minimum Gasteiger partial charge on any atom is -0.504 e.